The van der Waals surface area contributed by atoms with Gasteiger partial charge in [-0.15, -0.1) is 0 Å². The van der Waals surface area contributed by atoms with E-state index in [2.05, 4.69) is 20.4 Å². The summed E-state index contributed by atoms with van der Waals surface area (Å²) in [7, 11) is 0. The Morgan fingerprint density at radius 3 is 2.65 bits per heavy atom. The summed E-state index contributed by atoms with van der Waals surface area (Å²) in [5, 5.41) is 6.49. The first-order chi connectivity index (χ1) is 9.36. The first-order valence-corrected chi connectivity index (χ1v) is 6.01. The van der Waals surface area contributed by atoms with Crippen molar-refractivity contribution in [1.29, 1.82) is 0 Å². The Morgan fingerprint density at radius 1 is 1.30 bits per heavy atom. The van der Waals surface area contributed by atoms with Crippen LogP contribution in [0.4, 0.5) is 19.1 Å². The fourth-order valence-electron chi connectivity index (χ4n) is 1.68. The molecule has 0 saturated heterocycles. The zero-order chi connectivity index (χ0) is 14.8. The van der Waals surface area contributed by atoms with Gasteiger partial charge in [-0.25, -0.2) is 9.97 Å². The molecule has 0 aliphatic rings. The van der Waals surface area contributed by atoms with Crippen LogP contribution >= 0.6 is 0 Å². The van der Waals surface area contributed by atoms with Gasteiger partial charge in [-0.3, -0.25) is 4.68 Å². The summed E-state index contributed by atoms with van der Waals surface area (Å²) in [6.45, 7) is 4.12. The van der Waals surface area contributed by atoms with Crippen LogP contribution in [0.2, 0.25) is 0 Å². The maximum atomic E-state index is 12.5. The predicted octanol–water partition coefficient (Wildman–Crippen LogP) is 2.42. The molecule has 0 radical (unpaired) electrons. The lowest BCUT2D eigenvalue weighted by atomic mass is 10.4. The van der Waals surface area contributed by atoms with Crippen molar-refractivity contribution in [3.63, 3.8) is 0 Å². The lowest BCUT2D eigenvalue weighted by molar-refractivity contribution is -0.141. The number of nitrogens with one attached hydrogen (secondary N) is 1. The second-order valence-corrected chi connectivity index (χ2v) is 4.34. The number of halogens is 3. The molecule has 5 nitrogen and oxygen atoms in total. The van der Waals surface area contributed by atoms with Crippen LogP contribution in [-0.2, 0) is 12.7 Å². The standard InChI is InChI=1S/C12H14F3N5/c1-8-3-4-16-11(18-8)17-5-6-20-9(2)7-10(19-20)12(13,14)15/h3-4,7H,5-6H2,1-2H3,(H,16,17,18). The SMILES string of the molecule is Cc1ccnc(NCCn2nc(C(F)(F)F)cc2C)n1. The minimum Gasteiger partial charge on any atom is -0.352 e. The van der Waals surface area contributed by atoms with E-state index in [1.807, 2.05) is 6.92 Å². The number of alkyl halides is 3. The number of hydrogen-bond donors (Lipinski definition) is 1. The number of nitrogens with zero attached hydrogens (tertiary/aromatic N) is 4. The Labute approximate surface area is 113 Å². The summed E-state index contributed by atoms with van der Waals surface area (Å²) in [5.74, 6) is 0.450. The van der Waals surface area contributed by atoms with Gasteiger partial charge in [0.1, 0.15) is 0 Å². The summed E-state index contributed by atoms with van der Waals surface area (Å²) in [5.41, 5.74) is 0.406. The third-order valence-electron chi connectivity index (χ3n) is 2.67. The molecule has 0 fully saturated rings. The van der Waals surface area contributed by atoms with E-state index in [0.717, 1.165) is 11.8 Å². The van der Waals surface area contributed by atoms with Gasteiger partial charge in [-0.2, -0.15) is 18.3 Å². The lowest BCUT2D eigenvalue weighted by Gasteiger charge is -2.07. The van der Waals surface area contributed by atoms with Crippen LogP contribution in [0.3, 0.4) is 0 Å². The van der Waals surface area contributed by atoms with E-state index >= 15 is 0 Å². The molecular weight excluding hydrogens is 271 g/mol. The van der Waals surface area contributed by atoms with Crippen LogP contribution in [-0.4, -0.2) is 26.3 Å². The average Bonchev–Trinajstić information content (AvgIpc) is 2.71. The van der Waals surface area contributed by atoms with Gasteiger partial charge in [0, 0.05) is 24.1 Å². The molecule has 2 aromatic rings. The van der Waals surface area contributed by atoms with E-state index in [1.54, 1.807) is 19.2 Å². The number of hydrogen-bond acceptors (Lipinski definition) is 4. The molecule has 0 aliphatic heterocycles. The van der Waals surface area contributed by atoms with Crippen LogP contribution in [0.25, 0.3) is 0 Å². The molecule has 0 saturated carbocycles. The van der Waals surface area contributed by atoms with Gasteiger partial charge in [0.25, 0.3) is 0 Å². The fourth-order valence-corrected chi connectivity index (χ4v) is 1.68. The number of aryl methyl sites for hydroxylation is 2. The van der Waals surface area contributed by atoms with Gasteiger partial charge < -0.3 is 5.32 Å². The Balaban J connectivity index is 1.96. The number of anilines is 1. The molecule has 8 heteroatoms. The molecule has 2 rings (SSSR count). The van der Waals surface area contributed by atoms with Crippen molar-refractivity contribution in [2.24, 2.45) is 0 Å². The maximum absolute atomic E-state index is 12.5. The summed E-state index contributed by atoms with van der Waals surface area (Å²) < 4.78 is 38.8. The summed E-state index contributed by atoms with van der Waals surface area (Å²) in [6.07, 6.45) is -2.80. The van der Waals surface area contributed by atoms with Crippen molar-refractivity contribution in [3.8, 4) is 0 Å². The van der Waals surface area contributed by atoms with E-state index in [1.165, 1.54) is 4.68 Å². The minimum absolute atomic E-state index is 0.305. The Hall–Kier alpha value is -2.12. The quantitative estimate of drug-likeness (QED) is 0.937. The molecule has 0 spiro atoms. The molecule has 0 unspecified atom stereocenters. The van der Waals surface area contributed by atoms with Crippen molar-refractivity contribution < 1.29 is 13.2 Å². The van der Waals surface area contributed by atoms with E-state index in [-0.39, 0.29) is 0 Å². The average molecular weight is 285 g/mol. The van der Waals surface area contributed by atoms with Crippen LogP contribution in [0, 0.1) is 13.8 Å². The predicted molar refractivity (Wildman–Crippen MR) is 67.2 cm³/mol. The highest BCUT2D eigenvalue weighted by Crippen LogP contribution is 2.28. The molecule has 2 aromatic heterocycles. The Morgan fingerprint density at radius 2 is 2.05 bits per heavy atom. The monoisotopic (exact) mass is 285 g/mol. The van der Waals surface area contributed by atoms with Gasteiger partial charge >= 0.3 is 6.18 Å². The molecule has 0 bridgehead atoms. The largest absolute Gasteiger partial charge is 0.435 e. The van der Waals surface area contributed by atoms with Crippen LogP contribution in [0.1, 0.15) is 17.1 Å². The van der Waals surface area contributed by atoms with Crippen molar-refractivity contribution in [3.05, 3.63) is 35.4 Å². The second-order valence-electron chi connectivity index (χ2n) is 4.34. The topological polar surface area (TPSA) is 55.6 Å². The zero-order valence-electron chi connectivity index (χ0n) is 11.1. The summed E-state index contributed by atoms with van der Waals surface area (Å²) in [6, 6.07) is 2.79. The molecule has 0 atom stereocenters. The normalized spacial score (nSPS) is 11.7. The molecule has 0 aromatic carbocycles. The first-order valence-electron chi connectivity index (χ1n) is 6.01. The summed E-state index contributed by atoms with van der Waals surface area (Å²) in [4.78, 5) is 8.15. The van der Waals surface area contributed by atoms with Gasteiger partial charge in [-0.05, 0) is 26.0 Å². The highest BCUT2D eigenvalue weighted by atomic mass is 19.4. The molecule has 2 heterocycles. The van der Waals surface area contributed by atoms with E-state index in [4.69, 9.17) is 0 Å². The van der Waals surface area contributed by atoms with Crippen molar-refractivity contribution >= 4 is 5.95 Å². The fraction of sp³-hybridized carbons (Fsp3) is 0.417. The minimum atomic E-state index is -4.41. The highest BCUT2D eigenvalue weighted by molar-refractivity contribution is 5.24. The Bertz CT molecular complexity index is 591. The number of aromatic nitrogens is 4. The molecular formula is C12H14F3N5. The van der Waals surface area contributed by atoms with Gasteiger partial charge in [0.15, 0.2) is 5.69 Å². The number of rotatable bonds is 4. The van der Waals surface area contributed by atoms with Crippen LogP contribution in [0.15, 0.2) is 18.3 Å². The molecule has 0 aliphatic carbocycles. The molecule has 0 amide bonds. The van der Waals surface area contributed by atoms with Crippen LogP contribution < -0.4 is 5.32 Å². The molecule has 20 heavy (non-hydrogen) atoms. The molecule has 108 valence electrons. The summed E-state index contributed by atoms with van der Waals surface area (Å²) >= 11 is 0. The smallest absolute Gasteiger partial charge is 0.352 e. The van der Waals surface area contributed by atoms with E-state index in [0.29, 0.717) is 24.7 Å². The zero-order valence-corrected chi connectivity index (χ0v) is 11.1. The van der Waals surface area contributed by atoms with Gasteiger partial charge in [0.2, 0.25) is 5.95 Å². The first kappa shape index (κ1) is 14.3. The van der Waals surface area contributed by atoms with E-state index < -0.39 is 11.9 Å². The third kappa shape index (κ3) is 3.46. The lowest BCUT2D eigenvalue weighted by Crippen LogP contribution is -2.15. The molecule has 1 N–H and O–H groups in total. The second kappa shape index (κ2) is 5.48. The van der Waals surface area contributed by atoms with Gasteiger partial charge in [-0.1, -0.05) is 0 Å². The Kier molecular flexibility index (Phi) is 3.91. The maximum Gasteiger partial charge on any atom is 0.435 e. The van der Waals surface area contributed by atoms with Crippen molar-refractivity contribution in [2.45, 2.75) is 26.6 Å². The highest BCUT2D eigenvalue weighted by Gasteiger charge is 2.34. The van der Waals surface area contributed by atoms with Crippen molar-refractivity contribution in [1.82, 2.24) is 19.7 Å². The van der Waals surface area contributed by atoms with Crippen molar-refractivity contribution in [2.75, 3.05) is 11.9 Å². The van der Waals surface area contributed by atoms with Gasteiger partial charge in [0.05, 0.1) is 6.54 Å². The van der Waals surface area contributed by atoms with Crippen LogP contribution in [0.5, 0.6) is 0 Å². The van der Waals surface area contributed by atoms with E-state index in [9.17, 15) is 13.2 Å². The third-order valence-corrected chi connectivity index (χ3v) is 2.67.